The molecule has 0 radical (unpaired) electrons. The molecule has 0 saturated heterocycles. The molecule has 0 unspecified atom stereocenters. The SMILES string of the molecule is Cc1coc(C(=O)OCc2ccccc2)c1N. The Morgan fingerprint density at radius 2 is 2.06 bits per heavy atom. The van der Waals surface area contributed by atoms with E-state index in [0.29, 0.717) is 5.69 Å². The van der Waals surface area contributed by atoms with Crippen LogP contribution in [0, 0.1) is 6.92 Å². The molecule has 0 fully saturated rings. The molecule has 0 aliphatic heterocycles. The molecule has 1 aromatic heterocycles. The molecule has 4 heteroatoms. The Labute approximate surface area is 99.0 Å². The van der Waals surface area contributed by atoms with E-state index in [1.165, 1.54) is 6.26 Å². The van der Waals surface area contributed by atoms with Gasteiger partial charge in [-0.1, -0.05) is 30.3 Å². The number of carbonyl (C=O) groups is 1. The monoisotopic (exact) mass is 231 g/mol. The van der Waals surface area contributed by atoms with E-state index in [4.69, 9.17) is 14.9 Å². The van der Waals surface area contributed by atoms with Crippen molar-refractivity contribution in [3.63, 3.8) is 0 Å². The number of rotatable bonds is 3. The summed E-state index contributed by atoms with van der Waals surface area (Å²) in [4.78, 5) is 11.7. The van der Waals surface area contributed by atoms with Crippen LogP contribution < -0.4 is 5.73 Å². The highest BCUT2D eigenvalue weighted by atomic mass is 16.5. The van der Waals surface area contributed by atoms with Crippen LogP contribution in [-0.4, -0.2) is 5.97 Å². The zero-order valence-corrected chi connectivity index (χ0v) is 9.47. The van der Waals surface area contributed by atoms with E-state index in [-0.39, 0.29) is 12.4 Å². The summed E-state index contributed by atoms with van der Waals surface area (Å²) in [5.41, 5.74) is 7.67. The lowest BCUT2D eigenvalue weighted by Crippen LogP contribution is -2.06. The molecule has 88 valence electrons. The summed E-state index contributed by atoms with van der Waals surface area (Å²) in [6.07, 6.45) is 1.44. The smallest absolute Gasteiger partial charge is 0.376 e. The van der Waals surface area contributed by atoms with E-state index < -0.39 is 5.97 Å². The lowest BCUT2D eigenvalue weighted by atomic mass is 10.2. The van der Waals surface area contributed by atoms with Crippen LogP contribution in [0.5, 0.6) is 0 Å². The molecule has 2 aromatic rings. The zero-order valence-electron chi connectivity index (χ0n) is 9.47. The fraction of sp³-hybridized carbons (Fsp3) is 0.154. The van der Waals surface area contributed by atoms with Crippen LogP contribution in [0.15, 0.2) is 41.0 Å². The minimum atomic E-state index is -0.542. The summed E-state index contributed by atoms with van der Waals surface area (Å²) in [5, 5.41) is 0. The van der Waals surface area contributed by atoms with Gasteiger partial charge in [0.2, 0.25) is 5.76 Å². The van der Waals surface area contributed by atoms with Gasteiger partial charge in [-0.25, -0.2) is 4.79 Å². The predicted molar refractivity (Wildman–Crippen MR) is 63.4 cm³/mol. The number of ether oxygens (including phenoxy) is 1. The van der Waals surface area contributed by atoms with Crippen LogP contribution in [0.2, 0.25) is 0 Å². The number of anilines is 1. The second-order valence-corrected chi connectivity index (χ2v) is 3.72. The lowest BCUT2D eigenvalue weighted by molar-refractivity contribution is 0.0438. The van der Waals surface area contributed by atoms with Crippen LogP contribution in [0.3, 0.4) is 0 Å². The molecule has 1 heterocycles. The van der Waals surface area contributed by atoms with Crippen LogP contribution >= 0.6 is 0 Å². The van der Waals surface area contributed by atoms with Crippen LogP contribution in [-0.2, 0) is 11.3 Å². The number of nitrogens with two attached hydrogens (primary N) is 1. The van der Waals surface area contributed by atoms with Crippen molar-refractivity contribution in [3.05, 3.63) is 53.5 Å². The first-order chi connectivity index (χ1) is 8.18. The molecule has 0 aliphatic rings. The highest BCUT2D eigenvalue weighted by Crippen LogP contribution is 2.20. The minimum Gasteiger partial charge on any atom is -0.455 e. The summed E-state index contributed by atoms with van der Waals surface area (Å²) < 4.78 is 10.1. The fourth-order valence-corrected chi connectivity index (χ4v) is 1.40. The molecular formula is C13H13NO3. The summed E-state index contributed by atoms with van der Waals surface area (Å²) in [5.74, 6) is -0.474. The minimum absolute atomic E-state index is 0.0680. The van der Waals surface area contributed by atoms with Gasteiger partial charge in [-0.05, 0) is 12.5 Å². The van der Waals surface area contributed by atoms with Gasteiger partial charge in [0, 0.05) is 5.56 Å². The zero-order chi connectivity index (χ0) is 12.3. The normalized spacial score (nSPS) is 10.2. The van der Waals surface area contributed by atoms with Gasteiger partial charge < -0.3 is 14.9 Å². The number of carbonyl (C=O) groups excluding carboxylic acids is 1. The predicted octanol–water partition coefficient (Wildman–Crippen LogP) is 2.53. The molecule has 0 bridgehead atoms. The number of aryl methyl sites for hydroxylation is 1. The highest BCUT2D eigenvalue weighted by Gasteiger charge is 2.17. The van der Waals surface area contributed by atoms with Crippen LogP contribution in [0.1, 0.15) is 21.7 Å². The first kappa shape index (κ1) is 11.3. The van der Waals surface area contributed by atoms with E-state index >= 15 is 0 Å². The maximum absolute atomic E-state index is 11.7. The molecule has 0 spiro atoms. The highest BCUT2D eigenvalue weighted by molar-refractivity contribution is 5.92. The van der Waals surface area contributed by atoms with Crippen molar-refractivity contribution < 1.29 is 13.9 Å². The third-order valence-corrected chi connectivity index (χ3v) is 2.42. The molecule has 17 heavy (non-hydrogen) atoms. The number of nitrogen functional groups attached to an aromatic ring is 1. The second kappa shape index (κ2) is 4.74. The van der Waals surface area contributed by atoms with Gasteiger partial charge in [-0.2, -0.15) is 0 Å². The van der Waals surface area contributed by atoms with E-state index in [9.17, 15) is 4.79 Å². The van der Waals surface area contributed by atoms with Gasteiger partial charge in [0.05, 0.1) is 12.0 Å². The number of esters is 1. The molecule has 4 nitrogen and oxygen atoms in total. The largest absolute Gasteiger partial charge is 0.455 e. The van der Waals surface area contributed by atoms with Gasteiger partial charge in [0.25, 0.3) is 0 Å². The van der Waals surface area contributed by atoms with Crippen molar-refractivity contribution in [1.82, 2.24) is 0 Å². The summed E-state index contributed by atoms with van der Waals surface area (Å²) >= 11 is 0. The topological polar surface area (TPSA) is 65.5 Å². The Morgan fingerprint density at radius 3 is 2.65 bits per heavy atom. The van der Waals surface area contributed by atoms with Gasteiger partial charge in [-0.15, -0.1) is 0 Å². The van der Waals surface area contributed by atoms with Crippen molar-refractivity contribution in [3.8, 4) is 0 Å². The van der Waals surface area contributed by atoms with Crippen molar-refractivity contribution in [2.45, 2.75) is 13.5 Å². The summed E-state index contributed by atoms with van der Waals surface area (Å²) in [6.45, 7) is 1.98. The molecule has 0 amide bonds. The molecule has 0 atom stereocenters. The molecule has 2 N–H and O–H groups in total. The Kier molecular flexibility index (Phi) is 3.14. The van der Waals surface area contributed by atoms with Gasteiger partial charge >= 0.3 is 5.97 Å². The van der Waals surface area contributed by atoms with Gasteiger partial charge in [0.15, 0.2) is 0 Å². The standard InChI is InChI=1S/C13H13NO3/c1-9-7-16-12(11(9)14)13(15)17-8-10-5-3-2-4-6-10/h2-7H,8,14H2,1H3. The number of benzene rings is 1. The number of hydrogen-bond donors (Lipinski definition) is 1. The third kappa shape index (κ3) is 2.47. The van der Waals surface area contributed by atoms with Crippen molar-refractivity contribution in [2.24, 2.45) is 0 Å². The quantitative estimate of drug-likeness (QED) is 0.824. The van der Waals surface area contributed by atoms with Crippen molar-refractivity contribution in [2.75, 3.05) is 5.73 Å². The first-order valence-electron chi connectivity index (χ1n) is 5.23. The molecule has 1 aromatic carbocycles. The first-order valence-corrected chi connectivity index (χ1v) is 5.23. The van der Waals surface area contributed by atoms with Crippen molar-refractivity contribution in [1.29, 1.82) is 0 Å². The number of hydrogen-bond acceptors (Lipinski definition) is 4. The van der Waals surface area contributed by atoms with Crippen LogP contribution in [0.4, 0.5) is 5.69 Å². The van der Waals surface area contributed by atoms with E-state index in [1.54, 1.807) is 6.92 Å². The lowest BCUT2D eigenvalue weighted by Gasteiger charge is -2.03. The van der Waals surface area contributed by atoms with E-state index in [0.717, 1.165) is 11.1 Å². The Hall–Kier alpha value is -2.23. The third-order valence-electron chi connectivity index (χ3n) is 2.42. The molecule has 0 aliphatic carbocycles. The average Bonchev–Trinajstić information content (AvgIpc) is 2.69. The molecular weight excluding hydrogens is 218 g/mol. The average molecular weight is 231 g/mol. The van der Waals surface area contributed by atoms with E-state index in [1.807, 2.05) is 30.3 Å². The fourth-order valence-electron chi connectivity index (χ4n) is 1.40. The number of furan rings is 1. The van der Waals surface area contributed by atoms with E-state index in [2.05, 4.69) is 0 Å². The maximum Gasteiger partial charge on any atom is 0.376 e. The van der Waals surface area contributed by atoms with Crippen molar-refractivity contribution >= 4 is 11.7 Å². The van der Waals surface area contributed by atoms with Gasteiger partial charge in [-0.3, -0.25) is 0 Å². The summed E-state index contributed by atoms with van der Waals surface area (Å²) in [7, 11) is 0. The Bertz CT molecular complexity index is 517. The Morgan fingerprint density at radius 1 is 1.35 bits per heavy atom. The van der Waals surface area contributed by atoms with Gasteiger partial charge in [0.1, 0.15) is 6.61 Å². The second-order valence-electron chi connectivity index (χ2n) is 3.72. The maximum atomic E-state index is 11.7. The van der Waals surface area contributed by atoms with Crippen LogP contribution in [0.25, 0.3) is 0 Å². The summed E-state index contributed by atoms with van der Waals surface area (Å²) in [6, 6.07) is 9.43. The Balaban J connectivity index is 2.01. The molecule has 2 rings (SSSR count). The molecule has 0 saturated carbocycles.